The number of carbonyl (C=O) groups excluding carboxylic acids is 2. The van der Waals surface area contributed by atoms with Crippen molar-refractivity contribution in [2.45, 2.75) is 25.8 Å². The van der Waals surface area contributed by atoms with Gasteiger partial charge >= 0.3 is 0 Å². The van der Waals surface area contributed by atoms with Crippen LogP contribution in [0.5, 0.6) is 0 Å². The van der Waals surface area contributed by atoms with E-state index in [1.54, 1.807) is 16.7 Å². The third-order valence-electron chi connectivity index (χ3n) is 4.70. The molecule has 2 heterocycles. The van der Waals surface area contributed by atoms with Gasteiger partial charge in [-0.2, -0.15) is 0 Å². The summed E-state index contributed by atoms with van der Waals surface area (Å²) in [6, 6.07) is 8.78. The Morgan fingerprint density at radius 3 is 2.58 bits per heavy atom. The zero-order chi connectivity index (χ0) is 16.9. The van der Waals surface area contributed by atoms with Crippen LogP contribution in [-0.4, -0.2) is 59.4 Å². The zero-order valence-electron chi connectivity index (χ0n) is 14.2. The maximum absolute atomic E-state index is 12.2. The van der Waals surface area contributed by atoms with Gasteiger partial charge in [-0.25, -0.2) is 0 Å². The normalized spacial score (nSPS) is 19.7. The number of amides is 2. The summed E-state index contributed by atoms with van der Waals surface area (Å²) >= 11 is 1.56. The van der Waals surface area contributed by atoms with Gasteiger partial charge < -0.3 is 10.2 Å². The lowest BCUT2D eigenvalue weighted by molar-refractivity contribution is -0.132. The molecule has 0 bridgehead atoms. The molecule has 2 aliphatic heterocycles. The Bertz CT molecular complexity index is 584. The zero-order valence-corrected chi connectivity index (χ0v) is 15.0. The number of thioether (sulfide) groups is 1. The molecule has 2 amide bonds. The highest BCUT2D eigenvalue weighted by molar-refractivity contribution is 8.00. The molecular weight excluding hydrogens is 322 g/mol. The maximum Gasteiger partial charge on any atom is 0.239 e. The minimum absolute atomic E-state index is 0.0600. The summed E-state index contributed by atoms with van der Waals surface area (Å²) in [5.74, 6) is 1.11. The predicted octanol–water partition coefficient (Wildman–Crippen LogP) is 1.78. The second-order valence-electron chi connectivity index (χ2n) is 6.54. The number of rotatable bonds is 6. The lowest BCUT2D eigenvalue weighted by Gasteiger charge is -2.28. The van der Waals surface area contributed by atoms with E-state index in [4.69, 9.17) is 0 Å². The molecule has 24 heavy (non-hydrogen) atoms. The van der Waals surface area contributed by atoms with Crippen molar-refractivity contribution in [2.24, 2.45) is 0 Å². The molecule has 2 aliphatic rings. The Labute approximate surface area is 147 Å². The molecule has 2 saturated heterocycles. The van der Waals surface area contributed by atoms with Gasteiger partial charge in [-0.3, -0.25) is 14.5 Å². The van der Waals surface area contributed by atoms with Gasteiger partial charge in [0.05, 0.1) is 17.7 Å². The molecule has 0 saturated carbocycles. The molecule has 1 unspecified atom stereocenters. The molecule has 1 aromatic rings. The van der Waals surface area contributed by atoms with E-state index in [2.05, 4.69) is 41.4 Å². The van der Waals surface area contributed by atoms with Crippen LogP contribution in [0, 0.1) is 6.92 Å². The lowest BCUT2D eigenvalue weighted by atomic mass is 10.0. The molecule has 0 aliphatic carbocycles. The summed E-state index contributed by atoms with van der Waals surface area (Å²) in [4.78, 5) is 27.9. The van der Waals surface area contributed by atoms with Crippen molar-refractivity contribution in [3.8, 4) is 0 Å². The van der Waals surface area contributed by atoms with E-state index < -0.39 is 0 Å². The van der Waals surface area contributed by atoms with E-state index in [1.807, 2.05) is 0 Å². The van der Waals surface area contributed by atoms with Crippen LogP contribution in [0.3, 0.4) is 0 Å². The average molecular weight is 347 g/mol. The van der Waals surface area contributed by atoms with Crippen molar-refractivity contribution in [3.05, 3.63) is 35.4 Å². The standard InChI is InChI=1S/C18H25N3O2S/c1-14-4-6-15(7-5-14)16(20-8-2-3-9-20)10-19-17(22)11-21-13-24-12-18(21)23/h4-7,16H,2-3,8-13H2,1H3,(H,19,22). The molecule has 6 heteroatoms. The van der Waals surface area contributed by atoms with E-state index in [1.165, 1.54) is 24.0 Å². The lowest BCUT2D eigenvalue weighted by Crippen LogP contribution is -2.42. The number of benzene rings is 1. The highest BCUT2D eigenvalue weighted by Gasteiger charge is 2.26. The summed E-state index contributed by atoms with van der Waals surface area (Å²) in [5, 5.41) is 3.04. The fraction of sp³-hybridized carbons (Fsp3) is 0.556. The van der Waals surface area contributed by atoms with Crippen LogP contribution in [0.15, 0.2) is 24.3 Å². The van der Waals surface area contributed by atoms with Crippen LogP contribution in [0.1, 0.15) is 30.0 Å². The molecule has 0 aromatic heterocycles. The van der Waals surface area contributed by atoms with Crippen molar-refractivity contribution >= 4 is 23.6 Å². The number of likely N-dealkylation sites (tertiary alicyclic amines) is 1. The summed E-state index contributed by atoms with van der Waals surface area (Å²) in [6.45, 7) is 5.01. The van der Waals surface area contributed by atoms with E-state index in [0.717, 1.165) is 13.1 Å². The first-order chi connectivity index (χ1) is 11.6. The number of hydrogen-bond donors (Lipinski definition) is 1. The molecule has 0 radical (unpaired) electrons. The largest absolute Gasteiger partial charge is 0.353 e. The Kier molecular flexibility index (Phi) is 5.79. The Morgan fingerprint density at radius 2 is 1.96 bits per heavy atom. The van der Waals surface area contributed by atoms with Crippen LogP contribution < -0.4 is 5.32 Å². The minimum Gasteiger partial charge on any atom is -0.353 e. The first kappa shape index (κ1) is 17.3. The molecule has 130 valence electrons. The predicted molar refractivity (Wildman–Crippen MR) is 96.8 cm³/mol. The van der Waals surface area contributed by atoms with Gasteiger partial charge in [0, 0.05) is 6.54 Å². The van der Waals surface area contributed by atoms with Gasteiger partial charge in [-0.1, -0.05) is 29.8 Å². The molecule has 5 nitrogen and oxygen atoms in total. The maximum atomic E-state index is 12.2. The fourth-order valence-electron chi connectivity index (χ4n) is 3.28. The molecule has 1 aromatic carbocycles. The highest BCUT2D eigenvalue weighted by Crippen LogP contribution is 2.25. The van der Waals surface area contributed by atoms with Gasteiger partial charge in [0.1, 0.15) is 6.54 Å². The number of nitrogens with zero attached hydrogens (tertiary/aromatic N) is 2. The van der Waals surface area contributed by atoms with Crippen LogP contribution >= 0.6 is 11.8 Å². The minimum atomic E-state index is -0.0674. The monoisotopic (exact) mass is 347 g/mol. The Hall–Kier alpha value is -1.53. The Morgan fingerprint density at radius 1 is 1.25 bits per heavy atom. The second-order valence-corrected chi connectivity index (χ2v) is 7.50. The summed E-state index contributed by atoms with van der Waals surface area (Å²) < 4.78 is 0. The molecular formula is C18H25N3O2S. The smallest absolute Gasteiger partial charge is 0.239 e. The van der Waals surface area contributed by atoms with E-state index >= 15 is 0 Å². The average Bonchev–Trinajstić information content (AvgIpc) is 3.22. The van der Waals surface area contributed by atoms with E-state index in [9.17, 15) is 9.59 Å². The first-order valence-corrected chi connectivity index (χ1v) is 9.72. The SMILES string of the molecule is Cc1ccc(C(CNC(=O)CN2CSCC2=O)N2CCCC2)cc1. The summed E-state index contributed by atoms with van der Waals surface area (Å²) in [5.41, 5.74) is 2.49. The topological polar surface area (TPSA) is 52.7 Å². The van der Waals surface area contributed by atoms with Gasteiger partial charge in [-0.05, 0) is 38.4 Å². The van der Waals surface area contributed by atoms with Gasteiger partial charge in [-0.15, -0.1) is 11.8 Å². The Balaban J connectivity index is 1.60. The summed E-state index contributed by atoms with van der Waals surface area (Å²) in [7, 11) is 0. The van der Waals surface area contributed by atoms with Gasteiger partial charge in [0.2, 0.25) is 11.8 Å². The fourth-order valence-corrected chi connectivity index (χ4v) is 4.18. The summed E-state index contributed by atoms with van der Waals surface area (Å²) in [6.07, 6.45) is 2.44. The molecule has 1 N–H and O–H groups in total. The number of carbonyl (C=O) groups is 2. The van der Waals surface area contributed by atoms with Crippen molar-refractivity contribution in [1.29, 1.82) is 0 Å². The first-order valence-electron chi connectivity index (χ1n) is 8.56. The quantitative estimate of drug-likeness (QED) is 0.852. The highest BCUT2D eigenvalue weighted by atomic mass is 32.2. The van der Waals surface area contributed by atoms with Crippen molar-refractivity contribution in [2.75, 3.05) is 37.8 Å². The molecule has 3 rings (SSSR count). The molecule has 0 spiro atoms. The van der Waals surface area contributed by atoms with Gasteiger partial charge in [0.15, 0.2) is 0 Å². The van der Waals surface area contributed by atoms with E-state index in [0.29, 0.717) is 18.2 Å². The molecule has 2 fully saturated rings. The van der Waals surface area contributed by atoms with Crippen LogP contribution in [0.25, 0.3) is 0 Å². The van der Waals surface area contributed by atoms with Gasteiger partial charge in [0.25, 0.3) is 0 Å². The van der Waals surface area contributed by atoms with Crippen molar-refractivity contribution in [1.82, 2.24) is 15.1 Å². The number of aryl methyl sites for hydroxylation is 1. The van der Waals surface area contributed by atoms with Crippen molar-refractivity contribution < 1.29 is 9.59 Å². The third-order valence-corrected chi connectivity index (χ3v) is 5.64. The van der Waals surface area contributed by atoms with Crippen molar-refractivity contribution in [3.63, 3.8) is 0 Å². The second kappa shape index (κ2) is 8.03. The number of nitrogens with one attached hydrogen (secondary N) is 1. The van der Waals surface area contributed by atoms with Crippen LogP contribution in [0.4, 0.5) is 0 Å². The molecule has 1 atom stereocenters. The van der Waals surface area contributed by atoms with E-state index in [-0.39, 0.29) is 24.4 Å². The third kappa shape index (κ3) is 4.30. The number of hydrogen-bond acceptors (Lipinski definition) is 4. The van der Waals surface area contributed by atoms with Crippen LogP contribution in [0.2, 0.25) is 0 Å². The van der Waals surface area contributed by atoms with Crippen LogP contribution in [-0.2, 0) is 9.59 Å².